The van der Waals surface area contributed by atoms with Gasteiger partial charge in [0, 0.05) is 55.5 Å². The lowest BCUT2D eigenvalue weighted by Crippen LogP contribution is -2.64. The number of pyridine rings is 1. The molecule has 1 unspecified atom stereocenters. The lowest BCUT2D eigenvalue weighted by atomic mass is 9.81. The predicted molar refractivity (Wildman–Crippen MR) is 104 cm³/mol. The minimum Gasteiger partial charge on any atom is -0.375 e. The van der Waals surface area contributed by atoms with Crippen molar-refractivity contribution in [1.29, 1.82) is 0 Å². The van der Waals surface area contributed by atoms with Crippen LogP contribution in [-0.2, 0) is 22.6 Å². The normalized spacial score (nSPS) is 21.7. The van der Waals surface area contributed by atoms with E-state index in [0.717, 1.165) is 45.0 Å². The molecule has 2 aromatic heterocycles. The smallest absolute Gasteiger partial charge is 0.0985 e. The molecule has 1 atom stereocenters. The van der Waals surface area contributed by atoms with Crippen molar-refractivity contribution >= 4 is 10.9 Å². The first-order valence-corrected chi connectivity index (χ1v) is 9.71. The predicted octanol–water partition coefficient (Wildman–Crippen LogP) is 3.37. The number of H-pyrrole nitrogens is 1. The highest BCUT2D eigenvalue weighted by atomic mass is 16.5. The maximum Gasteiger partial charge on any atom is 0.0985 e. The largest absolute Gasteiger partial charge is 0.375 e. The van der Waals surface area contributed by atoms with Crippen LogP contribution in [0, 0.1) is 5.92 Å². The Bertz CT molecular complexity index is 902. The number of hydrogen-bond acceptors (Lipinski definition) is 4. The Kier molecular flexibility index (Phi) is 4.44. The number of aromatic amines is 1. The summed E-state index contributed by atoms with van der Waals surface area (Å²) in [7, 11) is 0. The third-order valence-corrected chi connectivity index (χ3v) is 5.96. The summed E-state index contributed by atoms with van der Waals surface area (Å²) in [5, 5.41) is 1.32. The lowest BCUT2D eigenvalue weighted by molar-refractivity contribution is -0.146. The number of rotatable bonds is 6. The van der Waals surface area contributed by atoms with Crippen molar-refractivity contribution in [3.63, 3.8) is 0 Å². The van der Waals surface area contributed by atoms with Crippen LogP contribution in [0.4, 0.5) is 0 Å². The summed E-state index contributed by atoms with van der Waals surface area (Å²) in [5.74, 6) is 0.473. The molecule has 5 heteroatoms. The summed E-state index contributed by atoms with van der Waals surface area (Å²) >= 11 is 0. The van der Waals surface area contributed by atoms with Gasteiger partial charge in [-0.15, -0.1) is 0 Å². The molecule has 2 aliphatic heterocycles. The number of nitrogens with one attached hydrogen (secondary N) is 1. The second kappa shape index (κ2) is 7.08. The molecule has 2 aliphatic rings. The third kappa shape index (κ3) is 3.27. The fourth-order valence-corrected chi connectivity index (χ4v) is 4.51. The van der Waals surface area contributed by atoms with E-state index in [4.69, 9.17) is 9.47 Å². The quantitative estimate of drug-likeness (QED) is 0.730. The van der Waals surface area contributed by atoms with Crippen molar-refractivity contribution in [2.24, 2.45) is 5.92 Å². The third-order valence-electron chi connectivity index (χ3n) is 5.96. The summed E-state index contributed by atoms with van der Waals surface area (Å²) in [6.07, 6.45) is 4.91. The molecule has 0 radical (unpaired) electrons. The number of hydrogen-bond donors (Lipinski definition) is 1. The standard InChI is InChI=1S/C22H25N3O2/c1-2-9-23-19(5-1)14-26-13-18-8-11-27-22(18)15-25(16-22)12-17-4-3-6-21-20(17)7-10-24-21/h1-7,9-10,18,24H,8,11-16H2. The molecule has 0 amide bonds. The van der Waals surface area contributed by atoms with Crippen LogP contribution < -0.4 is 0 Å². The zero-order valence-corrected chi connectivity index (χ0v) is 15.4. The Morgan fingerprint density at radius 3 is 3.04 bits per heavy atom. The molecule has 27 heavy (non-hydrogen) atoms. The van der Waals surface area contributed by atoms with Crippen molar-refractivity contribution < 1.29 is 9.47 Å². The number of nitrogens with zero attached hydrogens (tertiary/aromatic N) is 2. The van der Waals surface area contributed by atoms with E-state index in [1.165, 1.54) is 16.5 Å². The molecule has 1 N–H and O–H groups in total. The number of benzene rings is 1. The van der Waals surface area contributed by atoms with Gasteiger partial charge in [0.15, 0.2) is 0 Å². The van der Waals surface area contributed by atoms with Crippen LogP contribution in [0.15, 0.2) is 54.9 Å². The van der Waals surface area contributed by atoms with Gasteiger partial charge in [0.1, 0.15) is 0 Å². The van der Waals surface area contributed by atoms with E-state index in [2.05, 4.69) is 39.1 Å². The summed E-state index contributed by atoms with van der Waals surface area (Å²) < 4.78 is 12.2. The Morgan fingerprint density at radius 2 is 2.15 bits per heavy atom. The zero-order valence-electron chi connectivity index (χ0n) is 15.4. The van der Waals surface area contributed by atoms with Crippen molar-refractivity contribution in [2.75, 3.05) is 26.3 Å². The molecule has 5 rings (SSSR count). The van der Waals surface area contributed by atoms with Crippen molar-refractivity contribution in [3.05, 3.63) is 66.1 Å². The average Bonchev–Trinajstić information content (AvgIpc) is 3.30. The Balaban J connectivity index is 1.17. The highest BCUT2D eigenvalue weighted by Gasteiger charge is 2.52. The molecule has 0 aliphatic carbocycles. The Labute approximate surface area is 159 Å². The van der Waals surface area contributed by atoms with E-state index < -0.39 is 0 Å². The van der Waals surface area contributed by atoms with Gasteiger partial charge in [0.25, 0.3) is 0 Å². The van der Waals surface area contributed by atoms with E-state index >= 15 is 0 Å². The zero-order chi connectivity index (χ0) is 18.1. The molecule has 140 valence electrons. The fraction of sp³-hybridized carbons (Fsp3) is 0.409. The van der Waals surface area contributed by atoms with Crippen LogP contribution in [0.1, 0.15) is 17.7 Å². The van der Waals surface area contributed by atoms with E-state index in [0.29, 0.717) is 12.5 Å². The summed E-state index contributed by atoms with van der Waals surface area (Å²) in [6, 6.07) is 14.6. The van der Waals surface area contributed by atoms with Crippen LogP contribution in [-0.4, -0.2) is 46.8 Å². The molecular formula is C22H25N3O2. The monoisotopic (exact) mass is 363 g/mol. The van der Waals surface area contributed by atoms with Gasteiger partial charge in [-0.1, -0.05) is 18.2 Å². The number of likely N-dealkylation sites (tertiary alicyclic amines) is 1. The number of aromatic nitrogens is 2. The van der Waals surface area contributed by atoms with Crippen molar-refractivity contribution in [2.45, 2.75) is 25.2 Å². The van der Waals surface area contributed by atoms with Crippen LogP contribution in [0.25, 0.3) is 10.9 Å². The lowest BCUT2D eigenvalue weighted by Gasteiger charge is -2.50. The van der Waals surface area contributed by atoms with Gasteiger partial charge in [-0.3, -0.25) is 9.88 Å². The molecule has 1 spiro atoms. The van der Waals surface area contributed by atoms with Gasteiger partial charge in [-0.05, 0) is 36.2 Å². The topological polar surface area (TPSA) is 50.4 Å². The Morgan fingerprint density at radius 1 is 1.19 bits per heavy atom. The van der Waals surface area contributed by atoms with Gasteiger partial charge < -0.3 is 14.5 Å². The van der Waals surface area contributed by atoms with Gasteiger partial charge >= 0.3 is 0 Å². The minimum atomic E-state index is -0.0177. The highest BCUT2D eigenvalue weighted by Crippen LogP contribution is 2.41. The summed E-state index contributed by atoms with van der Waals surface area (Å²) in [5.41, 5.74) is 3.56. The van der Waals surface area contributed by atoms with E-state index in [9.17, 15) is 0 Å². The first-order valence-electron chi connectivity index (χ1n) is 9.71. The van der Waals surface area contributed by atoms with Gasteiger partial charge in [0.05, 0.1) is 24.5 Å². The van der Waals surface area contributed by atoms with Crippen LogP contribution >= 0.6 is 0 Å². The Hall–Kier alpha value is -2.21. The minimum absolute atomic E-state index is 0.0177. The fourth-order valence-electron chi connectivity index (χ4n) is 4.51. The summed E-state index contributed by atoms with van der Waals surface area (Å²) in [6.45, 7) is 5.13. The highest BCUT2D eigenvalue weighted by molar-refractivity contribution is 5.82. The molecule has 0 bridgehead atoms. The van der Waals surface area contributed by atoms with Crippen LogP contribution in [0.3, 0.4) is 0 Å². The number of fused-ring (bicyclic) bond motifs is 1. The molecule has 4 heterocycles. The van der Waals surface area contributed by atoms with E-state index in [1.807, 2.05) is 30.6 Å². The molecular weight excluding hydrogens is 338 g/mol. The maximum atomic E-state index is 6.19. The maximum absolute atomic E-state index is 6.19. The molecule has 2 saturated heterocycles. The molecule has 2 fully saturated rings. The molecule has 1 aromatic carbocycles. The van der Waals surface area contributed by atoms with Gasteiger partial charge in [-0.2, -0.15) is 0 Å². The van der Waals surface area contributed by atoms with E-state index in [1.54, 1.807) is 0 Å². The van der Waals surface area contributed by atoms with Crippen molar-refractivity contribution in [1.82, 2.24) is 14.9 Å². The van der Waals surface area contributed by atoms with Crippen molar-refractivity contribution in [3.8, 4) is 0 Å². The summed E-state index contributed by atoms with van der Waals surface area (Å²) in [4.78, 5) is 10.1. The second-order valence-corrected chi connectivity index (χ2v) is 7.74. The van der Waals surface area contributed by atoms with Crippen LogP contribution in [0.2, 0.25) is 0 Å². The molecule has 0 saturated carbocycles. The number of ether oxygens (including phenoxy) is 2. The van der Waals surface area contributed by atoms with E-state index in [-0.39, 0.29) is 5.60 Å². The SMILES string of the molecule is c1ccc(COCC2CCOC23CN(Cc2cccc4[nH]ccc24)C3)nc1. The second-order valence-electron chi connectivity index (χ2n) is 7.74. The average molecular weight is 363 g/mol. The van der Waals surface area contributed by atoms with Gasteiger partial charge in [-0.25, -0.2) is 0 Å². The molecule has 3 aromatic rings. The van der Waals surface area contributed by atoms with Crippen LogP contribution in [0.5, 0.6) is 0 Å². The first kappa shape index (κ1) is 16.9. The first-order chi connectivity index (χ1) is 13.3. The molecule has 5 nitrogen and oxygen atoms in total. The van der Waals surface area contributed by atoms with Gasteiger partial charge in [0.2, 0.25) is 0 Å².